The number of rotatable bonds is 4. The maximum Gasteiger partial charge on any atom is 0.0991 e. The van der Waals surface area contributed by atoms with E-state index < -0.39 is 0 Å². The monoisotopic (exact) mass is 275 g/mol. The molecular weight excluding hydrogens is 258 g/mol. The molecule has 0 fully saturated rings. The van der Waals surface area contributed by atoms with Gasteiger partial charge < -0.3 is 10.3 Å². The van der Waals surface area contributed by atoms with Crippen molar-refractivity contribution in [3.05, 3.63) is 71.4 Å². The first-order chi connectivity index (χ1) is 10.3. The van der Waals surface area contributed by atoms with Crippen molar-refractivity contribution in [2.75, 3.05) is 6.54 Å². The van der Waals surface area contributed by atoms with Gasteiger partial charge in [0.1, 0.15) is 0 Å². The van der Waals surface area contributed by atoms with Gasteiger partial charge in [0, 0.05) is 23.6 Å². The maximum absolute atomic E-state index is 8.99. The molecule has 0 amide bonds. The summed E-state index contributed by atoms with van der Waals surface area (Å²) in [5, 5.41) is 10.3. The van der Waals surface area contributed by atoms with Crippen molar-refractivity contribution in [1.29, 1.82) is 5.26 Å². The van der Waals surface area contributed by atoms with E-state index in [1.54, 1.807) is 0 Å². The van der Waals surface area contributed by atoms with Gasteiger partial charge in [0.05, 0.1) is 11.6 Å². The van der Waals surface area contributed by atoms with Gasteiger partial charge >= 0.3 is 0 Å². The summed E-state index contributed by atoms with van der Waals surface area (Å²) in [4.78, 5) is 0. The molecule has 0 aliphatic rings. The van der Waals surface area contributed by atoms with Gasteiger partial charge in [-0.3, -0.25) is 0 Å². The predicted octanol–water partition coefficient (Wildman–Crippen LogP) is 3.06. The van der Waals surface area contributed by atoms with Crippen molar-refractivity contribution in [1.82, 2.24) is 4.57 Å². The summed E-state index contributed by atoms with van der Waals surface area (Å²) in [6, 6.07) is 18.4. The molecule has 3 aromatic rings. The average Bonchev–Trinajstić information content (AvgIpc) is 2.92. The quantitative estimate of drug-likeness (QED) is 0.795. The van der Waals surface area contributed by atoms with Gasteiger partial charge in [0.2, 0.25) is 0 Å². The summed E-state index contributed by atoms with van der Waals surface area (Å²) in [5.41, 5.74) is 10.0. The molecule has 2 N–H and O–H groups in total. The smallest absolute Gasteiger partial charge is 0.0991 e. The van der Waals surface area contributed by atoms with Crippen LogP contribution in [-0.2, 0) is 13.0 Å². The minimum Gasteiger partial charge on any atom is -0.343 e. The van der Waals surface area contributed by atoms with Gasteiger partial charge in [0.25, 0.3) is 0 Å². The van der Waals surface area contributed by atoms with Crippen LogP contribution in [0.4, 0.5) is 0 Å². The Labute approximate surface area is 124 Å². The van der Waals surface area contributed by atoms with Crippen LogP contribution < -0.4 is 5.73 Å². The van der Waals surface area contributed by atoms with Crippen LogP contribution in [0.25, 0.3) is 10.9 Å². The standard InChI is InChI=1S/C18H17N3/c19-9-7-16-5-2-6-18-17(16)8-10-21(18)13-15-4-1-3-14(11-15)12-20/h1-6,8,10-11H,7,9,13,19H2. The molecular formula is C18H17N3. The Bertz CT molecular complexity index is 809. The number of nitrogens with zero attached hydrogens (tertiary/aromatic N) is 2. The highest BCUT2D eigenvalue weighted by Gasteiger charge is 2.06. The van der Waals surface area contributed by atoms with E-state index in [1.807, 2.05) is 18.2 Å². The highest BCUT2D eigenvalue weighted by Crippen LogP contribution is 2.21. The van der Waals surface area contributed by atoms with E-state index in [1.165, 1.54) is 16.5 Å². The Balaban J connectivity index is 1.98. The molecule has 0 bridgehead atoms. The molecule has 104 valence electrons. The molecule has 3 rings (SSSR count). The zero-order valence-electron chi connectivity index (χ0n) is 11.8. The average molecular weight is 275 g/mol. The lowest BCUT2D eigenvalue weighted by Crippen LogP contribution is -2.03. The summed E-state index contributed by atoms with van der Waals surface area (Å²) in [7, 11) is 0. The van der Waals surface area contributed by atoms with Crippen molar-refractivity contribution >= 4 is 10.9 Å². The summed E-state index contributed by atoms with van der Waals surface area (Å²) < 4.78 is 2.21. The normalized spacial score (nSPS) is 10.7. The molecule has 21 heavy (non-hydrogen) atoms. The number of nitriles is 1. The molecule has 2 aromatic carbocycles. The van der Waals surface area contributed by atoms with Crippen molar-refractivity contribution < 1.29 is 0 Å². The SMILES string of the molecule is N#Cc1cccc(Cn2ccc3c(CCN)cccc32)c1. The molecule has 0 aliphatic heterocycles. The van der Waals surface area contributed by atoms with Gasteiger partial charge in [-0.15, -0.1) is 0 Å². The van der Waals surface area contributed by atoms with Crippen LogP contribution >= 0.6 is 0 Å². The summed E-state index contributed by atoms with van der Waals surface area (Å²) in [6.07, 6.45) is 3.00. The van der Waals surface area contributed by atoms with Gasteiger partial charge in [-0.1, -0.05) is 24.3 Å². The second-order valence-electron chi connectivity index (χ2n) is 5.14. The number of hydrogen-bond donors (Lipinski definition) is 1. The number of hydrogen-bond acceptors (Lipinski definition) is 2. The van der Waals surface area contributed by atoms with E-state index in [-0.39, 0.29) is 0 Å². The zero-order valence-corrected chi connectivity index (χ0v) is 11.8. The summed E-state index contributed by atoms with van der Waals surface area (Å²) in [6.45, 7) is 1.43. The first-order valence-corrected chi connectivity index (χ1v) is 7.07. The number of benzene rings is 2. The van der Waals surface area contributed by atoms with Crippen molar-refractivity contribution in [3.8, 4) is 6.07 Å². The second kappa shape index (κ2) is 5.82. The Morgan fingerprint density at radius 3 is 2.76 bits per heavy atom. The lowest BCUT2D eigenvalue weighted by Gasteiger charge is -2.07. The van der Waals surface area contributed by atoms with E-state index in [0.29, 0.717) is 12.1 Å². The molecule has 1 aromatic heterocycles. The van der Waals surface area contributed by atoms with Crippen LogP contribution in [0.5, 0.6) is 0 Å². The van der Waals surface area contributed by atoms with Crippen LogP contribution in [0.2, 0.25) is 0 Å². The van der Waals surface area contributed by atoms with E-state index >= 15 is 0 Å². The predicted molar refractivity (Wildman–Crippen MR) is 85.0 cm³/mol. The largest absolute Gasteiger partial charge is 0.343 e. The topological polar surface area (TPSA) is 54.7 Å². The van der Waals surface area contributed by atoms with E-state index in [4.69, 9.17) is 11.0 Å². The molecule has 0 saturated carbocycles. The minimum absolute atomic E-state index is 0.661. The van der Waals surface area contributed by atoms with Crippen LogP contribution in [0.15, 0.2) is 54.7 Å². The molecule has 3 heteroatoms. The van der Waals surface area contributed by atoms with Crippen molar-refractivity contribution in [2.45, 2.75) is 13.0 Å². The molecule has 0 unspecified atom stereocenters. The third-order valence-corrected chi connectivity index (χ3v) is 3.73. The minimum atomic E-state index is 0.661. The van der Waals surface area contributed by atoms with Crippen molar-refractivity contribution in [2.24, 2.45) is 5.73 Å². The molecule has 0 atom stereocenters. The zero-order chi connectivity index (χ0) is 14.7. The first-order valence-electron chi connectivity index (χ1n) is 7.07. The number of aromatic nitrogens is 1. The van der Waals surface area contributed by atoms with Crippen LogP contribution in [-0.4, -0.2) is 11.1 Å². The third kappa shape index (κ3) is 2.67. The second-order valence-corrected chi connectivity index (χ2v) is 5.14. The fraction of sp³-hybridized carbons (Fsp3) is 0.167. The van der Waals surface area contributed by atoms with Gasteiger partial charge in [-0.25, -0.2) is 0 Å². The molecule has 0 saturated heterocycles. The summed E-state index contributed by atoms with van der Waals surface area (Å²) in [5.74, 6) is 0. The van der Waals surface area contributed by atoms with E-state index in [0.717, 1.165) is 18.5 Å². The third-order valence-electron chi connectivity index (χ3n) is 3.73. The molecule has 3 nitrogen and oxygen atoms in total. The molecule has 0 aliphatic carbocycles. The maximum atomic E-state index is 8.99. The van der Waals surface area contributed by atoms with E-state index in [2.05, 4.69) is 47.2 Å². The van der Waals surface area contributed by atoms with Crippen LogP contribution in [0, 0.1) is 11.3 Å². The lowest BCUT2D eigenvalue weighted by molar-refractivity contribution is 0.836. The number of nitrogens with two attached hydrogens (primary N) is 1. The van der Waals surface area contributed by atoms with Gasteiger partial charge in [0.15, 0.2) is 0 Å². The van der Waals surface area contributed by atoms with Crippen LogP contribution in [0.1, 0.15) is 16.7 Å². The van der Waals surface area contributed by atoms with Gasteiger partial charge in [-0.05, 0) is 48.4 Å². The van der Waals surface area contributed by atoms with Gasteiger partial charge in [-0.2, -0.15) is 5.26 Å². The molecule has 0 radical (unpaired) electrons. The Morgan fingerprint density at radius 2 is 1.95 bits per heavy atom. The first kappa shape index (κ1) is 13.4. The molecule has 1 heterocycles. The fourth-order valence-electron chi connectivity index (χ4n) is 2.73. The molecule has 0 spiro atoms. The Morgan fingerprint density at radius 1 is 1.10 bits per heavy atom. The van der Waals surface area contributed by atoms with E-state index in [9.17, 15) is 0 Å². The Kier molecular flexibility index (Phi) is 3.72. The fourth-order valence-corrected chi connectivity index (χ4v) is 2.73. The summed E-state index contributed by atoms with van der Waals surface area (Å²) >= 11 is 0. The number of fused-ring (bicyclic) bond motifs is 1. The Hall–Kier alpha value is -2.57. The lowest BCUT2D eigenvalue weighted by atomic mass is 10.1. The highest BCUT2D eigenvalue weighted by molar-refractivity contribution is 5.83. The highest BCUT2D eigenvalue weighted by atomic mass is 14.9. The van der Waals surface area contributed by atoms with Crippen molar-refractivity contribution in [3.63, 3.8) is 0 Å². The van der Waals surface area contributed by atoms with Crippen LogP contribution in [0.3, 0.4) is 0 Å².